The molecule has 0 saturated heterocycles. The summed E-state index contributed by atoms with van der Waals surface area (Å²) in [6.07, 6.45) is 0.547. The lowest BCUT2D eigenvalue weighted by molar-refractivity contribution is -0.145. The molecule has 3 N–H and O–H groups in total. The maximum absolute atomic E-state index is 11.3. The molecule has 0 saturated carbocycles. The summed E-state index contributed by atoms with van der Waals surface area (Å²) in [5.41, 5.74) is 5.39. The van der Waals surface area contributed by atoms with Gasteiger partial charge in [-0.05, 0) is 19.3 Å². The number of nitrogens with two attached hydrogens (primary N) is 1. The van der Waals surface area contributed by atoms with Crippen LogP contribution in [0.15, 0.2) is 0 Å². The summed E-state index contributed by atoms with van der Waals surface area (Å²) in [4.78, 5) is 22.6. The maximum atomic E-state index is 11.3. The summed E-state index contributed by atoms with van der Waals surface area (Å²) >= 11 is 0. The number of rotatable bonds is 5. The van der Waals surface area contributed by atoms with Crippen LogP contribution in [0.25, 0.3) is 0 Å². The molecule has 2 atom stereocenters. The van der Waals surface area contributed by atoms with Crippen molar-refractivity contribution in [3.63, 3.8) is 0 Å². The molecule has 0 aliphatic carbocycles. The quantitative estimate of drug-likeness (QED) is 0.636. The molecule has 0 fully saturated rings. The third-order valence-corrected chi connectivity index (χ3v) is 1.92. The van der Waals surface area contributed by atoms with E-state index < -0.39 is 18.1 Å². The van der Waals surface area contributed by atoms with Gasteiger partial charge in [0, 0.05) is 0 Å². The van der Waals surface area contributed by atoms with Crippen molar-refractivity contribution in [2.45, 2.75) is 39.3 Å². The maximum Gasteiger partial charge on any atom is 0.328 e. The molecular weight excluding hydrogens is 196 g/mol. The number of carbonyl (C=O) groups is 2. The van der Waals surface area contributed by atoms with Crippen LogP contribution in [0.2, 0.25) is 0 Å². The van der Waals surface area contributed by atoms with Crippen molar-refractivity contribution in [3.05, 3.63) is 0 Å². The van der Waals surface area contributed by atoms with E-state index in [2.05, 4.69) is 10.1 Å². The zero-order valence-electron chi connectivity index (χ0n) is 9.74. The standard InChI is InChI=1S/C10H20N2O3/c1-6(2)5-8(10(14)15-4)12-9(13)7(3)11/h6-8H,5,11H2,1-4H3,(H,12,13)/t7-,8+/m1/s1. The molecule has 5 heteroatoms. The molecule has 5 nitrogen and oxygen atoms in total. The van der Waals surface area contributed by atoms with Crippen molar-refractivity contribution in [3.8, 4) is 0 Å². The summed E-state index contributed by atoms with van der Waals surface area (Å²) in [6.45, 7) is 5.50. The predicted octanol–water partition coefficient (Wildman–Crippen LogP) is 0.0375. The molecule has 0 unspecified atom stereocenters. The molecule has 0 aliphatic heterocycles. The van der Waals surface area contributed by atoms with Gasteiger partial charge < -0.3 is 15.8 Å². The first-order valence-corrected chi connectivity index (χ1v) is 5.02. The first kappa shape index (κ1) is 13.9. The van der Waals surface area contributed by atoms with Gasteiger partial charge in [-0.25, -0.2) is 4.79 Å². The third-order valence-electron chi connectivity index (χ3n) is 1.92. The Kier molecular flexibility index (Phi) is 5.93. The highest BCUT2D eigenvalue weighted by Gasteiger charge is 2.23. The van der Waals surface area contributed by atoms with Gasteiger partial charge in [0.1, 0.15) is 6.04 Å². The van der Waals surface area contributed by atoms with Gasteiger partial charge in [0.2, 0.25) is 5.91 Å². The number of ether oxygens (including phenoxy) is 1. The van der Waals surface area contributed by atoms with Crippen LogP contribution in [0.3, 0.4) is 0 Å². The van der Waals surface area contributed by atoms with Crippen LogP contribution in [0.4, 0.5) is 0 Å². The lowest BCUT2D eigenvalue weighted by Crippen LogP contribution is -2.48. The van der Waals surface area contributed by atoms with Gasteiger partial charge in [0.05, 0.1) is 13.2 Å². The highest BCUT2D eigenvalue weighted by atomic mass is 16.5. The zero-order valence-corrected chi connectivity index (χ0v) is 9.74. The average Bonchev–Trinajstić information content (AvgIpc) is 2.14. The molecule has 0 heterocycles. The number of esters is 1. The van der Waals surface area contributed by atoms with E-state index in [1.165, 1.54) is 7.11 Å². The molecule has 0 rings (SSSR count). The van der Waals surface area contributed by atoms with Gasteiger partial charge in [-0.3, -0.25) is 4.79 Å². The van der Waals surface area contributed by atoms with Crippen LogP contribution >= 0.6 is 0 Å². The Bertz CT molecular complexity index is 227. The van der Waals surface area contributed by atoms with Gasteiger partial charge >= 0.3 is 5.97 Å². The molecule has 0 aromatic rings. The number of carbonyl (C=O) groups excluding carboxylic acids is 2. The summed E-state index contributed by atoms with van der Waals surface area (Å²) in [6, 6.07) is -1.22. The first-order chi connectivity index (χ1) is 6.88. The van der Waals surface area contributed by atoms with Crippen LogP contribution in [0, 0.1) is 5.92 Å². The van der Waals surface area contributed by atoms with Gasteiger partial charge in [-0.2, -0.15) is 0 Å². The van der Waals surface area contributed by atoms with Crippen LogP contribution in [-0.4, -0.2) is 31.1 Å². The van der Waals surface area contributed by atoms with E-state index in [9.17, 15) is 9.59 Å². The Hall–Kier alpha value is -1.10. The summed E-state index contributed by atoms with van der Waals surface area (Å²) in [5.74, 6) is -0.480. The molecule has 0 aromatic heterocycles. The van der Waals surface area contributed by atoms with Crippen molar-refractivity contribution < 1.29 is 14.3 Å². The smallest absolute Gasteiger partial charge is 0.328 e. The molecule has 0 spiro atoms. The normalized spacial score (nSPS) is 14.5. The lowest BCUT2D eigenvalue weighted by atomic mass is 10.0. The molecule has 0 radical (unpaired) electrons. The predicted molar refractivity (Wildman–Crippen MR) is 57.1 cm³/mol. The van der Waals surface area contributed by atoms with Crippen LogP contribution in [-0.2, 0) is 14.3 Å². The molecule has 0 aliphatic rings. The Labute approximate surface area is 90.4 Å². The van der Waals surface area contributed by atoms with Gasteiger partial charge in [-0.1, -0.05) is 13.8 Å². The highest BCUT2D eigenvalue weighted by molar-refractivity contribution is 5.87. The SMILES string of the molecule is COC(=O)[C@H](CC(C)C)NC(=O)[C@@H](C)N. The fraction of sp³-hybridized carbons (Fsp3) is 0.800. The number of nitrogens with one attached hydrogen (secondary N) is 1. The van der Waals surface area contributed by atoms with Crippen molar-refractivity contribution in [1.29, 1.82) is 0 Å². The van der Waals surface area contributed by atoms with E-state index in [1.807, 2.05) is 13.8 Å². The number of amides is 1. The molecule has 88 valence electrons. The van der Waals surface area contributed by atoms with Crippen LogP contribution in [0.5, 0.6) is 0 Å². The Morgan fingerprint density at radius 2 is 1.87 bits per heavy atom. The molecule has 1 amide bonds. The van der Waals surface area contributed by atoms with Crippen LogP contribution in [0.1, 0.15) is 27.2 Å². The monoisotopic (exact) mass is 216 g/mol. The summed E-state index contributed by atoms with van der Waals surface area (Å²) in [5, 5.41) is 2.56. The minimum absolute atomic E-state index is 0.294. The second-order valence-electron chi connectivity index (χ2n) is 4.00. The molecular formula is C10H20N2O3. The fourth-order valence-corrected chi connectivity index (χ4v) is 1.13. The Morgan fingerprint density at radius 3 is 2.20 bits per heavy atom. The Balaban J connectivity index is 4.37. The summed E-state index contributed by atoms with van der Waals surface area (Å²) in [7, 11) is 1.30. The van der Waals surface area contributed by atoms with Crippen molar-refractivity contribution >= 4 is 11.9 Å². The van der Waals surface area contributed by atoms with Crippen molar-refractivity contribution in [2.75, 3.05) is 7.11 Å². The number of methoxy groups -OCH3 is 1. The van der Waals surface area contributed by atoms with Crippen molar-refractivity contribution in [1.82, 2.24) is 5.32 Å². The van der Waals surface area contributed by atoms with Gasteiger partial charge in [0.25, 0.3) is 0 Å². The van der Waals surface area contributed by atoms with Gasteiger partial charge in [-0.15, -0.1) is 0 Å². The first-order valence-electron chi connectivity index (χ1n) is 5.02. The number of hydrogen-bond donors (Lipinski definition) is 2. The molecule has 0 bridgehead atoms. The van der Waals surface area contributed by atoms with E-state index in [0.29, 0.717) is 12.3 Å². The highest BCUT2D eigenvalue weighted by Crippen LogP contribution is 2.06. The zero-order chi connectivity index (χ0) is 12.0. The summed E-state index contributed by atoms with van der Waals surface area (Å²) < 4.78 is 4.60. The van der Waals surface area contributed by atoms with Crippen molar-refractivity contribution in [2.24, 2.45) is 11.7 Å². The molecule has 0 aromatic carbocycles. The van der Waals surface area contributed by atoms with Crippen LogP contribution < -0.4 is 11.1 Å². The minimum atomic E-state index is -0.621. The van der Waals surface area contributed by atoms with E-state index in [0.717, 1.165) is 0 Å². The second kappa shape index (κ2) is 6.40. The fourth-order valence-electron chi connectivity index (χ4n) is 1.13. The van der Waals surface area contributed by atoms with Gasteiger partial charge in [0.15, 0.2) is 0 Å². The largest absolute Gasteiger partial charge is 0.467 e. The van der Waals surface area contributed by atoms with E-state index in [1.54, 1.807) is 6.92 Å². The van der Waals surface area contributed by atoms with E-state index >= 15 is 0 Å². The number of hydrogen-bond acceptors (Lipinski definition) is 4. The van der Waals surface area contributed by atoms with E-state index in [-0.39, 0.29) is 5.91 Å². The molecule has 15 heavy (non-hydrogen) atoms. The Morgan fingerprint density at radius 1 is 1.33 bits per heavy atom. The second-order valence-corrected chi connectivity index (χ2v) is 4.00. The minimum Gasteiger partial charge on any atom is -0.467 e. The third kappa shape index (κ3) is 5.37. The topological polar surface area (TPSA) is 81.4 Å². The average molecular weight is 216 g/mol. The lowest BCUT2D eigenvalue weighted by Gasteiger charge is -2.19. The van der Waals surface area contributed by atoms with E-state index in [4.69, 9.17) is 5.73 Å².